The van der Waals surface area contributed by atoms with Crippen LogP contribution in [-0.4, -0.2) is 194 Å². The van der Waals surface area contributed by atoms with E-state index in [1.807, 2.05) is 0 Å². The molecule has 4 heterocycles. The number of Topliss-reactive ketones (excluding diaryl/α,β-unsaturated/α-hetero) is 2. The first-order valence-electron chi connectivity index (χ1n) is 24.6. The van der Waals surface area contributed by atoms with Gasteiger partial charge in [-0.3, -0.25) is 19.2 Å². The zero-order valence-corrected chi connectivity index (χ0v) is 42.4. The summed E-state index contributed by atoms with van der Waals surface area (Å²) in [7, 11) is 1.32. The molecule has 8 rings (SSSR count). The number of amides is 1. The number of methoxy groups -OCH3 is 1. The van der Waals surface area contributed by atoms with E-state index in [4.69, 9.17) is 57.8 Å². The summed E-state index contributed by atoms with van der Waals surface area (Å²) < 4.78 is 64.8. The van der Waals surface area contributed by atoms with Crippen LogP contribution in [0, 0.1) is 0 Å². The first-order valence-corrected chi connectivity index (χ1v) is 24.6. The van der Waals surface area contributed by atoms with Crippen molar-refractivity contribution in [1.82, 2.24) is 0 Å². The molecule has 74 heavy (non-hydrogen) atoms. The van der Waals surface area contributed by atoms with E-state index in [0.717, 1.165) is 19.9 Å². The van der Waals surface area contributed by atoms with Crippen molar-refractivity contribution in [3.63, 3.8) is 0 Å². The van der Waals surface area contributed by atoms with Gasteiger partial charge in [-0.25, -0.2) is 4.79 Å². The number of aromatic hydroxyl groups is 1. The van der Waals surface area contributed by atoms with Gasteiger partial charge in [-0.1, -0.05) is 6.07 Å². The molecular weight excluding hydrogens is 983 g/mol. The number of aliphatic hydroxyl groups is 6. The third-order valence-electron chi connectivity index (χ3n) is 15.4. The number of ketones is 2. The largest absolute Gasteiger partial charge is 0.507 e. The Morgan fingerprint density at radius 2 is 1.42 bits per heavy atom. The summed E-state index contributed by atoms with van der Waals surface area (Å²) in [6.07, 6.45) is -21.7. The predicted octanol–water partition coefficient (Wildman–Crippen LogP) is 0.480. The molecule has 0 bridgehead atoms. The zero-order chi connectivity index (χ0) is 54.3. The number of ether oxygens (including phenoxy) is 11. The van der Waals surface area contributed by atoms with Crippen LogP contribution >= 0.6 is 0 Å². The summed E-state index contributed by atoms with van der Waals surface area (Å²) in [6.45, 7) is 11.3. The van der Waals surface area contributed by atoms with Gasteiger partial charge in [-0.15, -0.1) is 0 Å². The number of phenols is 1. The molecule has 6 unspecified atom stereocenters. The molecule has 0 aromatic heterocycles. The number of nitrogens with two attached hydrogens (primary N) is 1. The molecule has 7 aliphatic rings. The van der Waals surface area contributed by atoms with Crippen LogP contribution in [0.5, 0.6) is 5.75 Å². The van der Waals surface area contributed by atoms with Gasteiger partial charge in [0.2, 0.25) is 0 Å². The Balaban J connectivity index is 1.13. The van der Waals surface area contributed by atoms with Crippen molar-refractivity contribution in [3.8, 4) is 5.75 Å². The molecular formula is C50H67NO23. The van der Waals surface area contributed by atoms with Gasteiger partial charge in [0, 0.05) is 68.9 Å². The van der Waals surface area contributed by atoms with Crippen LogP contribution in [0.15, 0.2) is 34.9 Å². The van der Waals surface area contributed by atoms with E-state index >= 15 is 9.59 Å². The third-order valence-corrected chi connectivity index (χ3v) is 15.4. The molecule has 24 heteroatoms. The molecule has 1 amide bonds. The van der Waals surface area contributed by atoms with Crippen LogP contribution < -0.4 is 5.73 Å². The molecule has 4 saturated heterocycles. The Hall–Kier alpha value is -4.51. The van der Waals surface area contributed by atoms with Gasteiger partial charge in [0.05, 0.1) is 53.9 Å². The monoisotopic (exact) mass is 1050 g/mol. The van der Waals surface area contributed by atoms with Crippen LogP contribution in [0.4, 0.5) is 4.79 Å². The molecule has 1 aromatic carbocycles. The van der Waals surface area contributed by atoms with E-state index < -0.39 is 185 Å². The molecule has 0 saturated carbocycles. The number of phenolic OH excluding ortho intramolecular Hbond substituents is 1. The van der Waals surface area contributed by atoms with Crippen LogP contribution in [0.1, 0.15) is 120 Å². The van der Waals surface area contributed by atoms with Gasteiger partial charge in [0.15, 0.2) is 60.0 Å². The van der Waals surface area contributed by atoms with Gasteiger partial charge in [0.1, 0.15) is 36.3 Å². The van der Waals surface area contributed by atoms with Gasteiger partial charge < -0.3 is 93.6 Å². The van der Waals surface area contributed by atoms with E-state index in [9.17, 15) is 50.1 Å². The molecule has 4 fully saturated rings. The van der Waals surface area contributed by atoms with Gasteiger partial charge in [-0.05, 0) is 65.7 Å². The number of carbonyl (C=O) groups is 5. The normalized spacial score (nSPS) is 43.3. The average Bonchev–Trinajstić information content (AvgIpc) is 3.30. The number of hydrogen-bond donors (Lipinski definition) is 8. The minimum atomic E-state index is -3.26. The Bertz CT molecular complexity index is 2440. The van der Waals surface area contributed by atoms with Crippen LogP contribution in [-0.2, 0) is 61.7 Å². The van der Waals surface area contributed by atoms with Crippen molar-refractivity contribution in [3.05, 3.63) is 51.6 Å². The number of fused-ring (bicyclic) bond motifs is 3. The van der Waals surface area contributed by atoms with Crippen LogP contribution in [0.25, 0.3) is 0 Å². The Morgan fingerprint density at radius 3 is 2.04 bits per heavy atom. The van der Waals surface area contributed by atoms with E-state index in [1.54, 1.807) is 27.7 Å². The lowest BCUT2D eigenvalue weighted by atomic mass is 9.54. The third kappa shape index (κ3) is 9.69. The average molecular weight is 1050 g/mol. The smallest absolute Gasteiger partial charge is 0.404 e. The molecule has 24 nitrogen and oxygen atoms in total. The number of carbonyl (C=O) groups excluding carboxylic acids is 5. The minimum Gasteiger partial charge on any atom is -0.507 e. The van der Waals surface area contributed by atoms with Crippen molar-refractivity contribution in [2.75, 3.05) is 7.11 Å². The van der Waals surface area contributed by atoms with E-state index in [0.29, 0.717) is 12.8 Å². The summed E-state index contributed by atoms with van der Waals surface area (Å²) in [5, 5.41) is 84.1. The molecule has 410 valence electrons. The standard InChI is InChI=1S/C50H67NO23/c1-18-14-31(72-33-16-30(64-9)43(21(4)67-33)74-47(51)60)49(62)37-36(42(59)46(70-24(7)53)50(49,63)44(18)69-23(6)52)41(58)35-26(40(37)57)11-10-25(39(35)56)28-15-29(38(55)20(3)65-28)71-34-17-48(8,61)45(22(5)68-34)73-32-13-12-27(54)19(2)66-32/h10-11,14,19-22,27-34,38,42-46,54-56,59,61-63H,12-13,15-17H2,1-9H3,(H2,51,60)/t19-,20-,21+,22-,27+,28-,29-,30-,31?,32+,33-,34+,38-,42?,43-,44?,45-,46?,48+,49?,50?/m1/s1. The quantitative estimate of drug-likeness (QED) is 0.0849. The van der Waals surface area contributed by atoms with E-state index in [1.165, 1.54) is 33.1 Å². The van der Waals surface area contributed by atoms with Crippen molar-refractivity contribution in [1.29, 1.82) is 0 Å². The topological polar surface area (TPSA) is 355 Å². The molecule has 1 aromatic rings. The Kier molecular flexibility index (Phi) is 15.7. The van der Waals surface area contributed by atoms with Crippen molar-refractivity contribution >= 4 is 29.6 Å². The second-order valence-electron chi connectivity index (χ2n) is 20.6. The minimum absolute atomic E-state index is 0.0194. The molecule has 0 spiro atoms. The zero-order valence-electron chi connectivity index (χ0n) is 42.4. The van der Waals surface area contributed by atoms with Gasteiger partial charge >= 0.3 is 18.0 Å². The van der Waals surface area contributed by atoms with E-state index in [-0.39, 0.29) is 30.4 Å². The highest BCUT2D eigenvalue weighted by molar-refractivity contribution is 6.29. The molecule has 0 radical (unpaired) electrons. The Labute approximate surface area is 425 Å². The summed E-state index contributed by atoms with van der Waals surface area (Å²) >= 11 is 0. The summed E-state index contributed by atoms with van der Waals surface area (Å²) in [5.74, 6) is -5.41. The number of hydrogen-bond acceptors (Lipinski definition) is 23. The SMILES string of the molecule is CO[C@@H]1C[C@@H](OC2C=C(C)C(OC(C)=O)C3(O)C(OC(C)=O)C(O)C4=C(C(=O)c5ccc([C@H]6C[C@@H](O[C@H]7C[C@](C)(O)[C@H](O[C@H]8CC[C@H](O)[C@@H](C)O8)[C@@H](C)O7)[C@H](O)[C@@H](C)O6)c(O)c5C4=O)C23O)O[C@@H](C)[C@H]1OC(N)=O. The molecule has 4 aliphatic heterocycles. The molecule has 21 atom stereocenters. The molecule has 9 N–H and O–H groups in total. The predicted molar refractivity (Wildman–Crippen MR) is 246 cm³/mol. The highest BCUT2D eigenvalue weighted by Crippen LogP contribution is 2.56. The maximum atomic E-state index is 15.2. The second-order valence-corrected chi connectivity index (χ2v) is 20.6. The summed E-state index contributed by atoms with van der Waals surface area (Å²) in [6, 6.07) is 2.44. The van der Waals surface area contributed by atoms with Crippen molar-refractivity contribution < 1.29 is 112 Å². The first kappa shape index (κ1) is 55.7. The lowest BCUT2D eigenvalue weighted by Crippen LogP contribution is -2.80. The van der Waals surface area contributed by atoms with E-state index in [2.05, 4.69) is 0 Å². The lowest BCUT2D eigenvalue weighted by molar-refractivity contribution is -0.336. The van der Waals surface area contributed by atoms with Crippen LogP contribution in [0.2, 0.25) is 0 Å². The maximum absolute atomic E-state index is 15.2. The lowest BCUT2D eigenvalue weighted by Gasteiger charge is -2.59. The second kappa shape index (κ2) is 20.8. The highest BCUT2D eigenvalue weighted by Gasteiger charge is 2.76. The fourth-order valence-corrected chi connectivity index (χ4v) is 11.8. The molecule has 3 aliphatic carbocycles. The number of benzene rings is 1. The number of esters is 2. The Morgan fingerprint density at radius 1 is 0.757 bits per heavy atom. The summed E-state index contributed by atoms with van der Waals surface area (Å²) in [5.41, 5.74) is -5.83. The maximum Gasteiger partial charge on any atom is 0.404 e. The van der Waals surface area contributed by atoms with Gasteiger partial charge in [0.25, 0.3) is 0 Å². The van der Waals surface area contributed by atoms with Crippen LogP contribution in [0.3, 0.4) is 0 Å². The fraction of sp³-hybridized carbons (Fsp3) is 0.700. The highest BCUT2D eigenvalue weighted by atomic mass is 16.7. The number of aliphatic hydroxyl groups excluding tert-OH is 3. The first-order chi connectivity index (χ1) is 34.6. The van der Waals surface area contributed by atoms with Crippen molar-refractivity contribution in [2.24, 2.45) is 5.73 Å². The fourth-order valence-electron chi connectivity index (χ4n) is 11.8. The summed E-state index contributed by atoms with van der Waals surface area (Å²) in [4.78, 5) is 67.7. The number of rotatable bonds is 11. The van der Waals surface area contributed by atoms with Gasteiger partial charge in [-0.2, -0.15) is 0 Å². The number of primary amides is 1. The van der Waals surface area contributed by atoms with Crippen molar-refractivity contribution in [2.45, 2.75) is 215 Å².